The van der Waals surface area contributed by atoms with Crippen LogP contribution in [0.3, 0.4) is 0 Å². The molecule has 8 heteroatoms. The first-order valence-electron chi connectivity index (χ1n) is 10.6. The minimum absolute atomic E-state index is 0.226. The van der Waals surface area contributed by atoms with Crippen LogP contribution in [0.4, 0.5) is 0 Å². The normalized spacial score (nSPS) is 10.6. The van der Waals surface area contributed by atoms with E-state index in [1.165, 1.54) is 26.0 Å². The van der Waals surface area contributed by atoms with Gasteiger partial charge in [0, 0.05) is 5.56 Å². The van der Waals surface area contributed by atoms with Gasteiger partial charge in [-0.3, -0.25) is 9.59 Å². The number of benzene rings is 3. The molecule has 3 aromatic carbocycles. The Morgan fingerprint density at radius 2 is 1.71 bits per heavy atom. The molecule has 0 aromatic heterocycles. The third-order valence-electron chi connectivity index (χ3n) is 4.83. The van der Waals surface area contributed by atoms with E-state index in [0.717, 1.165) is 16.9 Å². The van der Waals surface area contributed by atoms with Gasteiger partial charge in [0.05, 0.1) is 27.0 Å². The van der Waals surface area contributed by atoms with E-state index in [0.29, 0.717) is 23.7 Å². The van der Waals surface area contributed by atoms with Crippen molar-refractivity contribution in [3.05, 3.63) is 89.0 Å². The molecule has 0 aliphatic carbocycles. The van der Waals surface area contributed by atoms with Crippen LogP contribution < -0.4 is 25.0 Å². The van der Waals surface area contributed by atoms with Crippen LogP contribution in [0.25, 0.3) is 0 Å². The summed E-state index contributed by atoms with van der Waals surface area (Å²) in [6.45, 7) is 2.30. The lowest BCUT2D eigenvalue weighted by Gasteiger charge is -2.09. The Kier molecular flexibility index (Phi) is 8.62. The first-order valence-corrected chi connectivity index (χ1v) is 10.6. The Hall–Kier alpha value is -4.33. The summed E-state index contributed by atoms with van der Waals surface area (Å²) >= 11 is 0. The monoisotopic (exact) mass is 461 g/mol. The van der Waals surface area contributed by atoms with E-state index in [2.05, 4.69) is 21.9 Å². The van der Waals surface area contributed by atoms with Gasteiger partial charge in [-0.05, 0) is 60.5 Å². The van der Waals surface area contributed by atoms with Gasteiger partial charge >= 0.3 is 0 Å². The Balaban J connectivity index is 1.43. The number of amides is 2. The van der Waals surface area contributed by atoms with Crippen LogP contribution in [-0.2, 0) is 11.4 Å². The van der Waals surface area contributed by atoms with Gasteiger partial charge in [-0.15, -0.1) is 0 Å². The number of rotatable bonds is 10. The van der Waals surface area contributed by atoms with Crippen LogP contribution in [0.15, 0.2) is 71.8 Å². The quantitative estimate of drug-likeness (QED) is 0.356. The van der Waals surface area contributed by atoms with Crippen molar-refractivity contribution < 1.29 is 23.8 Å². The third-order valence-corrected chi connectivity index (χ3v) is 4.83. The second-order valence-electron chi connectivity index (χ2n) is 7.39. The van der Waals surface area contributed by atoms with Crippen molar-refractivity contribution in [1.82, 2.24) is 10.7 Å². The first kappa shape index (κ1) is 24.3. The summed E-state index contributed by atoms with van der Waals surface area (Å²) in [6, 6.07) is 20.2. The molecule has 0 heterocycles. The van der Waals surface area contributed by atoms with Gasteiger partial charge in [0.1, 0.15) is 12.4 Å². The van der Waals surface area contributed by atoms with Crippen LogP contribution in [0.2, 0.25) is 0 Å². The van der Waals surface area contributed by atoms with E-state index in [1.807, 2.05) is 49.4 Å². The topological polar surface area (TPSA) is 98.2 Å². The van der Waals surface area contributed by atoms with Gasteiger partial charge in [-0.2, -0.15) is 5.10 Å². The van der Waals surface area contributed by atoms with Crippen molar-refractivity contribution in [2.45, 2.75) is 13.5 Å². The van der Waals surface area contributed by atoms with Crippen molar-refractivity contribution in [3.63, 3.8) is 0 Å². The van der Waals surface area contributed by atoms with Gasteiger partial charge in [0.2, 0.25) is 0 Å². The minimum Gasteiger partial charge on any atom is -0.493 e. The third kappa shape index (κ3) is 7.09. The average Bonchev–Trinajstić information content (AvgIpc) is 2.86. The fraction of sp³-hybridized carbons (Fsp3) is 0.192. The Morgan fingerprint density at radius 3 is 2.41 bits per heavy atom. The molecule has 0 radical (unpaired) electrons. The van der Waals surface area contributed by atoms with Crippen LogP contribution in [0.5, 0.6) is 17.2 Å². The molecule has 3 rings (SSSR count). The second-order valence-corrected chi connectivity index (χ2v) is 7.39. The molecule has 3 aromatic rings. The maximum atomic E-state index is 12.3. The van der Waals surface area contributed by atoms with Gasteiger partial charge in [0.25, 0.3) is 11.8 Å². The number of carbonyl (C=O) groups is 2. The number of hydrazone groups is 1. The Labute approximate surface area is 198 Å². The maximum Gasteiger partial charge on any atom is 0.259 e. The lowest BCUT2D eigenvalue weighted by molar-refractivity contribution is -0.120. The molecule has 176 valence electrons. The predicted molar refractivity (Wildman–Crippen MR) is 130 cm³/mol. The molecule has 2 N–H and O–H groups in total. The molecular formula is C26H27N3O5. The van der Waals surface area contributed by atoms with Gasteiger partial charge in [-0.25, -0.2) is 5.43 Å². The highest BCUT2D eigenvalue weighted by molar-refractivity contribution is 5.97. The van der Waals surface area contributed by atoms with E-state index in [9.17, 15) is 9.59 Å². The lowest BCUT2D eigenvalue weighted by Crippen LogP contribution is -2.34. The summed E-state index contributed by atoms with van der Waals surface area (Å²) in [5.41, 5.74) is 5.81. The molecule has 0 fully saturated rings. The molecule has 8 nitrogen and oxygen atoms in total. The van der Waals surface area contributed by atoms with Gasteiger partial charge < -0.3 is 19.5 Å². The van der Waals surface area contributed by atoms with Crippen molar-refractivity contribution >= 4 is 18.0 Å². The fourth-order valence-corrected chi connectivity index (χ4v) is 3.08. The smallest absolute Gasteiger partial charge is 0.259 e. The molecule has 0 saturated heterocycles. The zero-order valence-corrected chi connectivity index (χ0v) is 19.3. The summed E-state index contributed by atoms with van der Waals surface area (Å²) in [6.07, 6.45) is 1.51. The number of aryl methyl sites for hydroxylation is 1. The number of methoxy groups -OCH3 is 2. The molecule has 34 heavy (non-hydrogen) atoms. The number of nitrogens with zero attached hydrogens (tertiary/aromatic N) is 1. The second kappa shape index (κ2) is 12.1. The van der Waals surface area contributed by atoms with E-state index < -0.39 is 11.8 Å². The zero-order valence-electron chi connectivity index (χ0n) is 19.3. The number of nitrogens with one attached hydrogen (secondary N) is 2. The molecule has 0 aliphatic heterocycles. The van der Waals surface area contributed by atoms with Crippen molar-refractivity contribution in [1.29, 1.82) is 0 Å². The highest BCUT2D eigenvalue weighted by Crippen LogP contribution is 2.27. The van der Waals surface area contributed by atoms with Crippen LogP contribution in [0, 0.1) is 6.92 Å². The Morgan fingerprint density at radius 1 is 0.941 bits per heavy atom. The van der Waals surface area contributed by atoms with Crippen molar-refractivity contribution in [3.8, 4) is 17.2 Å². The summed E-state index contributed by atoms with van der Waals surface area (Å²) in [5.74, 6) is 0.804. The lowest BCUT2D eigenvalue weighted by atomic mass is 10.1. The van der Waals surface area contributed by atoms with E-state index >= 15 is 0 Å². The van der Waals surface area contributed by atoms with Gasteiger partial charge in [0.15, 0.2) is 11.5 Å². The molecule has 0 atom stereocenters. The van der Waals surface area contributed by atoms with Crippen LogP contribution in [-0.4, -0.2) is 38.8 Å². The first-order chi connectivity index (χ1) is 16.5. The predicted octanol–water partition coefficient (Wildman–Crippen LogP) is 3.47. The van der Waals surface area contributed by atoms with E-state index in [4.69, 9.17) is 14.2 Å². The van der Waals surface area contributed by atoms with E-state index in [1.54, 1.807) is 18.2 Å². The fourth-order valence-electron chi connectivity index (χ4n) is 3.08. The Bertz CT molecular complexity index is 1160. The standard InChI is InChI=1S/C26H27N3O5/c1-18-5-4-6-20(13-18)17-34-22-10-7-19(8-11-22)15-28-29-25(30)16-27-26(31)21-9-12-23(32-2)24(14-21)33-3/h4-15H,16-17H2,1-3H3,(H,27,31)(H,29,30)/b28-15-. The van der Waals surface area contributed by atoms with Crippen LogP contribution >= 0.6 is 0 Å². The average molecular weight is 462 g/mol. The summed E-state index contributed by atoms with van der Waals surface area (Å²) in [5, 5.41) is 6.46. The molecule has 0 aliphatic rings. The molecule has 0 saturated carbocycles. The summed E-state index contributed by atoms with van der Waals surface area (Å²) in [7, 11) is 2.99. The number of carbonyl (C=O) groups excluding carboxylic acids is 2. The number of hydrogen-bond donors (Lipinski definition) is 2. The molecule has 0 bridgehead atoms. The maximum absolute atomic E-state index is 12.3. The van der Waals surface area contributed by atoms with Crippen molar-refractivity contribution in [2.75, 3.05) is 20.8 Å². The summed E-state index contributed by atoms with van der Waals surface area (Å²) < 4.78 is 16.1. The van der Waals surface area contributed by atoms with Gasteiger partial charge in [-0.1, -0.05) is 29.8 Å². The summed E-state index contributed by atoms with van der Waals surface area (Å²) in [4.78, 5) is 24.3. The number of ether oxygens (including phenoxy) is 3. The number of hydrogen-bond acceptors (Lipinski definition) is 6. The molecular weight excluding hydrogens is 434 g/mol. The minimum atomic E-state index is -0.455. The van der Waals surface area contributed by atoms with E-state index in [-0.39, 0.29) is 6.54 Å². The molecule has 0 spiro atoms. The largest absolute Gasteiger partial charge is 0.493 e. The molecule has 0 unspecified atom stereocenters. The highest BCUT2D eigenvalue weighted by Gasteiger charge is 2.11. The SMILES string of the molecule is COc1ccc(C(=O)NCC(=O)N/N=C\c2ccc(OCc3cccc(C)c3)cc2)cc1OC. The molecule has 2 amide bonds. The highest BCUT2D eigenvalue weighted by atomic mass is 16.5. The van der Waals surface area contributed by atoms with Crippen LogP contribution in [0.1, 0.15) is 27.0 Å². The van der Waals surface area contributed by atoms with Crippen molar-refractivity contribution in [2.24, 2.45) is 5.10 Å². The zero-order chi connectivity index (χ0) is 24.3.